The largest absolute Gasteiger partial charge is 0.480 e. The van der Waals surface area contributed by atoms with Crippen molar-refractivity contribution in [3.8, 4) is 0 Å². The average Bonchev–Trinajstić information content (AvgIpc) is 1.97. The summed E-state index contributed by atoms with van der Waals surface area (Å²) in [5.41, 5.74) is 4.83. The quantitative estimate of drug-likeness (QED) is 0.728. The molecule has 1 fully saturated rings. The number of nitrogens with two attached hydrogens (primary N) is 1. The highest BCUT2D eigenvalue weighted by molar-refractivity contribution is 5.73. The van der Waals surface area contributed by atoms with Crippen LogP contribution in [0.15, 0.2) is 0 Å². The zero-order valence-electron chi connectivity index (χ0n) is 10.5. The van der Waals surface area contributed by atoms with Gasteiger partial charge in [-0.05, 0) is 27.7 Å². The fourth-order valence-corrected chi connectivity index (χ4v) is 2.47. The predicted octanol–water partition coefficient (Wildman–Crippen LogP) is 0.288. The predicted molar refractivity (Wildman–Crippen MR) is 61.3 cm³/mol. The van der Waals surface area contributed by atoms with Crippen LogP contribution in [-0.4, -0.2) is 52.9 Å². The Labute approximate surface area is 96.6 Å². The minimum absolute atomic E-state index is 0.126. The van der Waals surface area contributed by atoms with E-state index in [1.807, 2.05) is 32.6 Å². The third kappa shape index (κ3) is 3.17. The summed E-state index contributed by atoms with van der Waals surface area (Å²) in [6, 6.07) is -0.623. The second kappa shape index (κ2) is 4.31. The highest BCUT2D eigenvalue weighted by Crippen LogP contribution is 2.29. The van der Waals surface area contributed by atoms with Gasteiger partial charge >= 0.3 is 5.97 Å². The summed E-state index contributed by atoms with van der Waals surface area (Å²) >= 11 is 0. The lowest BCUT2D eigenvalue weighted by Gasteiger charge is -2.48. The Kier molecular flexibility index (Phi) is 3.62. The van der Waals surface area contributed by atoms with Crippen LogP contribution in [0, 0.1) is 0 Å². The number of rotatable bonds is 3. The van der Waals surface area contributed by atoms with Gasteiger partial charge in [0.2, 0.25) is 0 Å². The number of ether oxygens (including phenoxy) is 1. The van der Waals surface area contributed by atoms with Crippen molar-refractivity contribution >= 4 is 5.97 Å². The second-order valence-electron chi connectivity index (χ2n) is 5.62. The molecule has 1 rings (SSSR count). The average molecular weight is 230 g/mol. The minimum Gasteiger partial charge on any atom is -0.480 e. The highest BCUT2D eigenvalue weighted by atomic mass is 16.5. The number of aliphatic carboxylic acids is 1. The van der Waals surface area contributed by atoms with Crippen LogP contribution in [0.4, 0.5) is 0 Å². The van der Waals surface area contributed by atoms with Crippen molar-refractivity contribution in [1.82, 2.24) is 4.90 Å². The third-order valence-corrected chi connectivity index (χ3v) is 2.67. The summed E-state index contributed by atoms with van der Waals surface area (Å²) in [5.74, 6) is -0.865. The molecule has 94 valence electrons. The number of carboxylic acids is 1. The van der Waals surface area contributed by atoms with Gasteiger partial charge in [0.05, 0.1) is 11.2 Å². The molecule has 1 unspecified atom stereocenters. The first-order chi connectivity index (χ1) is 7.17. The van der Waals surface area contributed by atoms with Crippen molar-refractivity contribution < 1.29 is 14.6 Å². The van der Waals surface area contributed by atoms with Gasteiger partial charge in [-0.2, -0.15) is 0 Å². The Morgan fingerprint density at radius 2 is 1.81 bits per heavy atom. The number of hydrogen-bond acceptors (Lipinski definition) is 4. The standard InChI is InChI=1S/C11H22N2O3/c1-10(2)6-13(7-11(3,4)16-10)8(5-12)9(14)15/h8H,5-7,12H2,1-4H3,(H,14,15). The monoisotopic (exact) mass is 230 g/mol. The molecule has 0 amide bonds. The highest BCUT2D eigenvalue weighted by Gasteiger charge is 2.41. The van der Waals surface area contributed by atoms with Crippen LogP contribution in [0.5, 0.6) is 0 Å². The summed E-state index contributed by atoms with van der Waals surface area (Å²) in [7, 11) is 0. The van der Waals surface area contributed by atoms with E-state index in [0.717, 1.165) is 0 Å². The summed E-state index contributed by atoms with van der Waals surface area (Å²) in [5, 5.41) is 9.10. The van der Waals surface area contributed by atoms with Crippen LogP contribution < -0.4 is 5.73 Å². The maximum atomic E-state index is 11.1. The molecule has 0 aromatic carbocycles. The summed E-state index contributed by atoms with van der Waals surface area (Å²) in [6.45, 7) is 9.18. The first-order valence-electron chi connectivity index (χ1n) is 5.54. The van der Waals surface area contributed by atoms with E-state index < -0.39 is 12.0 Å². The molecule has 1 aliphatic heterocycles. The maximum absolute atomic E-state index is 11.1. The molecule has 16 heavy (non-hydrogen) atoms. The molecule has 0 aromatic rings. The molecule has 0 saturated carbocycles. The van der Waals surface area contributed by atoms with E-state index >= 15 is 0 Å². The third-order valence-electron chi connectivity index (χ3n) is 2.67. The number of hydrogen-bond donors (Lipinski definition) is 2. The number of carboxylic acid groups (broad SMARTS) is 1. The first kappa shape index (κ1) is 13.4. The van der Waals surface area contributed by atoms with Crippen molar-refractivity contribution in [2.24, 2.45) is 5.73 Å². The summed E-state index contributed by atoms with van der Waals surface area (Å²) in [4.78, 5) is 13.0. The van der Waals surface area contributed by atoms with Crippen LogP contribution in [0.3, 0.4) is 0 Å². The normalized spacial score (nSPS) is 26.3. The molecule has 1 aliphatic rings. The minimum atomic E-state index is -0.865. The van der Waals surface area contributed by atoms with Gasteiger partial charge in [0.15, 0.2) is 0 Å². The Bertz CT molecular complexity index is 260. The molecule has 1 atom stereocenters. The van der Waals surface area contributed by atoms with Crippen molar-refractivity contribution in [2.75, 3.05) is 19.6 Å². The van der Waals surface area contributed by atoms with E-state index in [0.29, 0.717) is 13.1 Å². The number of nitrogens with zero attached hydrogens (tertiary/aromatic N) is 1. The van der Waals surface area contributed by atoms with Gasteiger partial charge in [-0.25, -0.2) is 0 Å². The molecular formula is C11H22N2O3. The van der Waals surface area contributed by atoms with Gasteiger partial charge < -0.3 is 15.6 Å². The summed E-state index contributed by atoms with van der Waals surface area (Å²) < 4.78 is 5.89. The van der Waals surface area contributed by atoms with Crippen LogP contribution >= 0.6 is 0 Å². The van der Waals surface area contributed by atoms with Crippen LogP contribution in [0.1, 0.15) is 27.7 Å². The fraction of sp³-hybridized carbons (Fsp3) is 0.909. The molecule has 0 aliphatic carbocycles. The van der Waals surface area contributed by atoms with E-state index in [1.54, 1.807) is 0 Å². The van der Waals surface area contributed by atoms with Gasteiger partial charge in [-0.3, -0.25) is 9.69 Å². The SMILES string of the molecule is CC1(C)CN(C(CN)C(=O)O)CC(C)(C)O1. The molecule has 0 spiro atoms. The van der Waals surface area contributed by atoms with Gasteiger partial charge in [0.1, 0.15) is 6.04 Å². The van der Waals surface area contributed by atoms with Crippen LogP contribution in [-0.2, 0) is 9.53 Å². The summed E-state index contributed by atoms with van der Waals surface area (Å²) in [6.07, 6.45) is 0. The van der Waals surface area contributed by atoms with Crippen LogP contribution in [0.25, 0.3) is 0 Å². The Morgan fingerprint density at radius 1 is 1.38 bits per heavy atom. The lowest BCUT2D eigenvalue weighted by Crippen LogP contribution is -2.62. The van der Waals surface area contributed by atoms with E-state index in [-0.39, 0.29) is 17.7 Å². The van der Waals surface area contributed by atoms with Crippen molar-refractivity contribution in [2.45, 2.75) is 44.9 Å². The molecule has 5 heteroatoms. The molecule has 1 saturated heterocycles. The lowest BCUT2D eigenvalue weighted by atomic mass is 9.97. The molecule has 0 aromatic heterocycles. The van der Waals surface area contributed by atoms with Gasteiger partial charge in [0, 0.05) is 19.6 Å². The molecule has 1 heterocycles. The second-order valence-corrected chi connectivity index (χ2v) is 5.62. The fourth-order valence-electron chi connectivity index (χ4n) is 2.47. The van der Waals surface area contributed by atoms with E-state index in [1.165, 1.54) is 0 Å². The van der Waals surface area contributed by atoms with Gasteiger partial charge in [-0.1, -0.05) is 0 Å². The Hall–Kier alpha value is -0.650. The molecule has 0 bridgehead atoms. The lowest BCUT2D eigenvalue weighted by molar-refractivity contribution is -0.191. The smallest absolute Gasteiger partial charge is 0.322 e. The molecule has 0 radical (unpaired) electrons. The van der Waals surface area contributed by atoms with E-state index in [2.05, 4.69) is 0 Å². The first-order valence-corrected chi connectivity index (χ1v) is 5.54. The van der Waals surface area contributed by atoms with E-state index in [4.69, 9.17) is 15.6 Å². The Balaban J connectivity index is 2.84. The van der Waals surface area contributed by atoms with Gasteiger partial charge in [-0.15, -0.1) is 0 Å². The topological polar surface area (TPSA) is 75.8 Å². The molecule has 5 nitrogen and oxygen atoms in total. The number of carbonyl (C=O) groups is 1. The van der Waals surface area contributed by atoms with Gasteiger partial charge in [0.25, 0.3) is 0 Å². The van der Waals surface area contributed by atoms with Crippen molar-refractivity contribution in [3.63, 3.8) is 0 Å². The van der Waals surface area contributed by atoms with Crippen LogP contribution in [0.2, 0.25) is 0 Å². The van der Waals surface area contributed by atoms with E-state index in [9.17, 15) is 4.79 Å². The van der Waals surface area contributed by atoms with Crippen molar-refractivity contribution in [1.29, 1.82) is 0 Å². The zero-order valence-corrected chi connectivity index (χ0v) is 10.5. The molecular weight excluding hydrogens is 208 g/mol. The van der Waals surface area contributed by atoms with Crippen molar-refractivity contribution in [3.05, 3.63) is 0 Å². The zero-order chi connectivity index (χ0) is 12.6. The number of morpholine rings is 1. The molecule has 3 N–H and O–H groups in total. The maximum Gasteiger partial charge on any atom is 0.322 e. The Morgan fingerprint density at radius 3 is 2.12 bits per heavy atom.